The quantitative estimate of drug-likeness (QED) is 0.630. The molecule has 0 unspecified atom stereocenters. The molecule has 0 bridgehead atoms. The van der Waals surface area contributed by atoms with Crippen LogP contribution in [0.2, 0.25) is 0 Å². The summed E-state index contributed by atoms with van der Waals surface area (Å²) >= 11 is 0. The van der Waals surface area contributed by atoms with Gasteiger partial charge in [0, 0.05) is 18.7 Å². The van der Waals surface area contributed by atoms with E-state index in [9.17, 15) is 0 Å². The van der Waals surface area contributed by atoms with Crippen LogP contribution in [0.4, 0.5) is 5.69 Å². The molecule has 0 saturated carbocycles. The van der Waals surface area contributed by atoms with Gasteiger partial charge in [-0.25, -0.2) is 0 Å². The van der Waals surface area contributed by atoms with Crippen LogP contribution in [0, 0.1) is 0 Å². The fourth-order valence-electron chi connectivity index (χ4n) is 1.46. The van der Waals surface area contributed by atoms with Gasteiger partial charge in [-0.3, -0.25) is 0 Å². The Morgan fingerprint density at radius 3 is 2.94 bits per heavy atom. The highest BCUT2D eigenvalue weighted by Gasteiger charge is 2.10. The van der Waals surface area contributed by atoms with Gasteiger partial charge in [0.05, 0.1) is 12.2 Å². The molecule has 1 heterocycles. The molecule has 2 aromatic rings. The molecule has 5 heteroatoms. The van der Waals surface area contributed by atoms with Crippen LogP contribution in [0.3, 0.4) is 0 Å². The first-order valence-corrected chi connectivity index (χ1v) is 5.56. The Labute approximate surface area is 99.6 Å². The molecule has 0 fully saturated rings. The minimum atomic E-state index is 0.453. The molecule has 0 atom stereocenters. The van der Waals surface area contributed by atoms with Crippen molar-refractivity contribution >= 4 is 5.69 Å². The normalized spacial score (nSPS) is 10.6. The van der Waals surface area contributed by atoms with Gasteiger partial charge in [0.2, 0.25) is 0 Å². The van der Waals surface area contributed by atoms with Crippen LogP contribution < -0.4 is 5.73 Å². The number of anilines is 1. The third kappa shape index (κ3) is 2.82. The summed E-state index contributed by atoms with van der Waals surface area (Å²) in [5.74, 6) is 1.09. The lowest BCUT2D eigenvalue weighted by molar-refractivity contribution is 0.149. The smallest absolute Gasteiger partial charge is 0.260 e. The second kappa shape index (κ2) is 5.45. The SMILES string of the molecule is CCOCCc1noc(-c2ccccc2N)n1. The molecular formula is C12H15N3O2. The highest BCUT2D eigenvalue weighted by Crippen LogP contribution is 2.23. The molecule has 0 amide bonds. The highest BCUT2D eigenvalue weighted by molar-refractivity contribution is 5.69. The Bertz CT molecular complexity index is 482. The van der Waals surface area contributed by atoms with Gasteiger partial charge < -0.3 is 15.0 Å². The number of nitrogens with zero attached hydrogens (tertiary/aromatic N) is 2. The largest absolute Gasteiger partial charge is 0.398 e. The van der Waals surface area contributed by atoms with Crippen molar-refractivity contribution in [2.24, 2.45) is 0 Å². The number of hydrogen-bond donors (Lipinski definition) is 1. The zero-order valence-corrected chi connectivity index (χ0v) is 9.72. The minimum Gasteiger partial charge on any atom is -0.398 e. The molecule has 0 aliphatic rings. The van der Waals surface area contributed by atoms with E-state index in [1.807, 2.05) is 25.1 Å². The third-order valence-corrected chi connectivity index (χ3v) is 2.33. The summed E-state index contributed by atoms with van der Waals surface area (Å²) in [6.45, 7) is 3.24. The molecular weight excluding hydrogens is 218 g/mol. The maximum atomic E-state index is 5.83. The molecule has 90 valence electrons. The Hall–Kier alpha value is -1.88. The number of nitrogens with two attached hydrogens (primary N) is 1. The summed E-state index contributed by atoms with van der Waals surface area (Å²) in [5.41, 5.74) is 7.23. The molecule has 0 spiro atoms. The fourth-order valence-corrected chi connectivity index (χ4v) is 1.46. The van der Waals surface area contributed by atoms with E-state index < -0.39 is 0 Å². The maximum absolute atomic E-state index is 5.83. The summed E-state index contributed by atoms with van der Waals surface area (Å²) in [5, 5.41) is 3.88. The first-order valence-electron chi connectivity index (χ1n) is 5.56. The predicted octanol–water partition coefficient (Wildman–Crippen LogP) is 1.90. The Morgan fingerprint density at radius 1 is 1.35 bits per heavy atom. The Morgan fingerprint density at radius 2 is 2.18 bits per heavy atom. The van der Waals surface area contributed by atoms with E-state index in [4.69, 9.17) is 15.0 Å². The van der Waals surface area contributed by atoms with Crippen molar-refractivity contribution in [1.29, 1.82) is 0 Å². The van der Waals surface area contributed by atoms with Gasteiger partial charge in [0.25, 0.3) is 5.89 Å². The van der Waals surface area contributed by atoms with Crippen molar-refractivity contribution in [2.45, 2.75) is 13.3 Å². The summed E-state index contributed by atoms with van der Waals surface area (Å²) in [6, 6.07) is 7.41. The van der Waals surface area contributed by atoms with Gasteiger partial charge in [-0.15, -0.1) is 0 Å². The standard InChI is InChI=1S/C12H15N3O2/c1-2-16-8-7-11-14-12(17-15-11)9-5-3-4-6-10(9)13/h3-6H,2,7-8,13H2,1H3. The highest BCUT2D eigenvalue weighted by atomic mass is 16.5. The van der Waals surface area contributed by atoms with Gasteiger partial charge in [-0.1, -0.05) is 17.3 Å². The molecule has 2 N–H and O–H groups in total. The van der Waals surface area contributed by atoms with Gasteiger partial charge in [0.1, 0.15) is 0 Å². The van der Waals surface area contributed by atoms with Gasteiger partial charge in [-0.2, -0.15) is 4.98 Å². The van der Waals surface area contributed by atoms with Crippen molar-refractivity contribution < 1.29 is 9.26 Å². The van der Waals surface area contributed by atoms with Gasteiger partial charge in [-0.05, 0) is 19.1 Å². The third-order valence-electron chi connectivity index (χ3n) is 2.33. The van der Waals surface area contributed by atoms with Crippen molar-refractivity contribution in [3.05, 3.63) is 30.1 Å². The van der Waals surface area contributed by atoms with Crippen molar-refractivity contribution in [2.75, 3.05) is 18.9 Å². The molecule has 0 aliphatic heterocycles. The van der Waals surface area contributed by atoms with Crippen LogP contribution in [0.1, 0.15) is 12.7 Å². The lowest BCUT2D eigenvalue weighted by Crippen LogP contribution is -1.99. The molecule has 1 aromatic heterocycles. The summed E-state index contributed by atoms with van der Waals surface area (Å²) in [7, 11) is 0. The number of nitrogen functional groups attached to an aromatic ring is 1. The number of benzene rings is 1. The molecule has 5 nitrogen and oxygen atoms in total. The van der Waals surface area contributed by atoms with Crippen LogP contribution >= 0.6 is 0 Å². The Kier molecular flexibility index (Phi) is 3.72. The average molecular weight is 233 g/mol. The average Bonchev–Trinajstić information content (AvgIpc) is 2.79. The van der Waals surface area contributed by atoms with Crippen molar-refractivity contribution in [1.82, 2.24) is 10.1 Å². The lowest BCUT2D eigenvalue weighted by Gasteiger charge is -1.98. The summed E-state index contributed by atoms with van der Waals surface area (Å²) < 4.78 is 10.4. The van der Waals surface area contributed by atoms with E-state index in [2.05, 4.69) is 10.1 Å². The van der Waals surface area contributed by atoms with Crippen LogP contribution in [-0.2, 0) is 11.2 Å². The second-order valence-corrected chi connectivity index (χ2v) is 3.55. The van der Waals surface area contributed by atoms with Crippen molar-refractivity contribution in [3.63, 3.8) is 0 Å². The number of ether oxygens (including phenoxy) is 1. The Balaban J connectivity index is 2.10. The minimum absolute atomic E-state index is 0.453. The van der Waals surface area contributed by atoms with Crippen molar-refractivity contribution in [3.8, 4) is 11.5 Å². The topological polar surface area (TPSA) is 74.2 Å². The maximum Gasteiger partial charge on any atom is 0.260 e. The van der Waals surface area contributed by atoms with E-state index in [1.54, 1.807) is 6.07 Å². The van der Waals surface area contributed by atoms with Gasteiger partial charge in [0.15, 0.2) is 5.82 Å². The second-order valence-electron chi connectivity index (χ2n) is 3.55. The number of aromatic nitrogens is 2. The van der Waals surface area contributed by atoms with Gasteiger partial charge >= 0.3 is 0 Å². The fraction of sp³-hybridized carbons (Fsp3) is 0.333. The van der Waals surface area contributed by atoms with E-state index >= 15 is 0 Å². The summed E-state index contributed by atoms with van der Waals surface area (Å²) in [6.07, 6.45) is 0.643. The van der Waals surface area contributed by atoms with E-state index in [0.717, 1.165) is 5.56 Å². The molecule has 2 rings (SSSR count). The van der Waals surface area contributed by atoms with Crippen LogP contribution in [-0.4, -0.2) is 23.4 Å². The predicted molar refractivity (Wildman–Crippen MR) is 64.3 cm³/mol. The number of rotatable bonds is 5. The molecule has 0 radical (unpaired) electrons. The lowest BCUT2D eigenvalue weighted by atomic mass is 10.2. The zero-order chi connectivity index (χ0) is 12.1. The number of hydrogen-bond acceptors (Lipinski definition) is 5. The van der Waals surface area contributed by atoms with Crippen LogP contribution in [0.5, 0.6) is 0 Å². The van der Waals surface area contributed by atoms with E-state index in [-0.39, 0.29) is 0 Å². The van der Waals surface area contributed by atoms with Crippen LogP contribution in [0.25, 0.3) is 11.5 Å². The zero-order valence-electron chi connectivity index (χ0n) is 9.72. The van der Waals surface area contributed by atoms with Crippen LogP contribution in [0.15, 0.2) is 28.8 Å². The number of para-hydroxylation sites is 1. The molecule has 1 aromatic carbocycles. The summed E-state index contributed by atoms with van der Waals surface area (Å²) in [4.78, 5) is 4.28. The van der Waals surface area contributed by atoms with E-state index in [1.165, 1.54) is 0 Å². The molecule has 0 aliphatic carbocycles. The monoisotopic (exact) mass is 233 g/mol. The molecule has 17 heavy (non-hydrogen) atoms. The first kappa shape index (κ1) is 11.6. The first-order chi connectivity index (χ1) is 8.31. The van der Waals surface area contributed by atoms with E-state index in [0.29, 0.717) is 37.0 Å². The molecule has 0 saturated heterocycles.